The molecule has 1 aromatic heterocycles. The summed E-state index contributed by atoms with van der Waals surface area (Å²) in [5, 5.41) is 2.96. The van der Waals surface area contributed by atoms with Gasteiger partial charge in [0.25, 0.3) is 0 Å². The lowest BCUT2D eigenvalue weighted by Crippen LogP contribution is -2.37. The summed E-state index contributed by atoms with van der Waals surface area (Å²) in [6, 6.07) is 0.396. The second kappa shape index (κ2) is 8.61. The number of unbranched alkanes of at least 4 members (excludes halogenated alkanes) is 3. The molecule has 0 aromatic carbocycles. The smallest absolute Gasteiger partial charge is 0.323 e. The monoisotopic (exact) mass is 295 g/mol. The normalized spacial score (nSPS) is 15.0. The highest BCUT2D eigenvalue weighted by Crippen LogP contribution is 2.16. The van der Waals surface area contributed by atoms with Crippen molar-refractivity contribution in [2.75, 3.05) is 50.2 Å². The maximum absolute atomic E-state index is 5.67. The van der Waals surface area contributed by atoms with E-state index in [-0.39, 0.29) is 0 Å². The van der Waals surface area contributed by atoms with E-state index in [4.69, 9.17) is 9.47 Å². The van der Waals surface area contributed by atoms with Crippen LogP contribution < -0.4 is 15.0 Å². The van der Waals surface area contributed by atoms with Gasteiger partial charge < -0.3 is 19.7 Å². The number of aromatic nitrogens is 3. The van der Waals surface area contributed by atoms with Gasteiger partial charge in [-0.15, -0.1) is 0 Å². The summed E-state index contributed by atoms with van der Waals surface area (Å²) < 4.78 is 11.0. The van der Waals surface area contributed by atoms with Crippen molar-refractivity contribution in [3.8, 4) is 6.01 Å². The number of rotatable bonds is 8. The van der Waals surface area contributed by atoms with Crippen molar-refractivity contribution in [1.29, 1.82) is 0 Å². The molecule has 1 N–H and O–H groups in total. The Morgan fingerprint density at radius 3 is 2.67 bits per heavy atom. The van der Waals surface area contributed by atoms with Gasteiger partial charge in [0.15, 0.2) is 0 Å². The molecule has 0 atom stereocenters. The lowest BCUT2D eigenvalue weighted by atomic mass is 10.2. The summed E-state index contributed by atoms with van der Waals surface area (Å²) in [7, 11) is 1.80. The molecule has 0 unspecified atom stereocenters. The molecular weight excluding hydrogens is 270 g/mol. The number of nitrogens with zero attached hydrogens (tertiary/aromatic N) is 4. The van der Waals surface area contributed by atoms with Gasteiger partial charge in [0.1, 0.15) is 0 Å². The van der Waals surface area contributed by atoms with Crippen LogP contribution in [0.1, 0.15) is 32.6 Å². The molecule has 0 bridgehead atoms. The van der Waals surface area contributed by atoms with Crippen molar-refractivity contribution >= 4 is 11.9 Å². The van der Waals surface area contributed by atoms with Gasteiger partial charge in [-0.1, -0.05) is 26.2 Å². The van der Waals surface area contributed by atoms with Gasteiger partial charge in [-0.2, -0.15) is 15.0 Å². The molecule has 2 rings (SSSR count). The Hall–Kier alpha value is -1.63. The van der Waals surface area contributed by atoms with E-state index in [1.165, 1.54) is 19.3 Å². The van der Waals surface area contributed by atoms with Gasteiger partial charge in [0, 0.05) is 20.1 Å². The van der Waals surface area contributed by atoms with Crippen LogP contribution in [0.3, 0.4) is 0 Å². The molecule has 7 nitrogen and oxygen atoms in total. The third-order valence-corrected chi connectivity index (χ3v) is 3.35. The maximum Gasteiger partial charge on any atom is 0.323 e. The highest BCUT2D eigenvalue weighted by atomic mass is 16.5. The molecule has 2 heterocycles. The van der Waals surface area contributed by atoms with E-state index in [9.17, 15) is 0 Å². The average molecular weight is 295 g/mol. The Kier molecular flexibility index (Phi) is 6.46. The first kappa shape index (κ1) is 15.8. The minimum atomic E-state index is 0.396. The fraction of sp³-hybridized carbons (Fsp3) is 0.786. The fourth-order valence-corrected chi connectivity index (χ4v) is 2.12. The van der Waals surface area contributed by atoms with Gasteiger partial charge in [-0.25, -0.2) is 0 Å². The highest BCUT2D eigenvalue weighted by molar-refractivity contribution is 5.38. The molecule has 1 aromatic rings. The first-order valence-electron chi connectivity index (χ1n) is 7.72. The van der Waals surface area contributed by atoms with E-state index < -0.39 is 0 Å². The van der Waals surface area contributed by atoms with Crippen molar-refractivity contribution in [2.24, 2.45) is 0 Å². The Morgan fingerprint density at radius 1 is 1.14 bits per heavy atom. The number of nitrogens with one attached hydrogen (secondary N) is 1. The van der Waals surface area contributed by atoms with Crippen molar-refractivity contribution < 1.29 is 9.47 Å². The molecule has 0 amide bonds. The van der Waals surface area contributed by atoms with E-state index in [2.05, 4.69) is 32.1 Å². The van der Waals surface area contributed by atoms with E-state index >= 15 is 0 Å². The minimum absolute atomic E-state index is 0.396. The Labute approximate surface area is 126 Å². The zero-order valence-electron chi connectivity index (χ0n) is 13.0. The van der Waals surface area contributed by atoms with Crippen LogP contribution in [0.4, 0.5) is 11.9 Å². The summed E-state index contributed by atoms with van der Waals surface area (Å²) in [5.41, 5.74) is 0. The van der Waals surface area contributed by atoms with Crippen LogP contribution in [0.2, 0.25) is 0 Å². The van der Waals surface area contributed by atoms with E-state index in [1.54, 1.807) is 7.05 Å². The molecule has 1 saturated heterocycles. The van der Waals surface area contributed by atoms with Crippen LogP contribution in [0.5, 0.6) is 6.01 Å². The molecular formula is C14H25N5O2. The topological polar surface area (TPSA) is 72.4 Å². The van der Waals surface area contributed by atoms with Crippen LogP contribution in [0.25, 0.3) is 0 Å². The molecule has 21 heavy (non-hydrogen) atoms. The number of anilines is 2. The summed E-state index contributed by atoms with van der Waals surface area (Å²) in [6.45, 7) is 5.84. The van der Waals surface area contributed by atoms with E-state index in [1.807, 2.05) is 0 Å². The molecule has 1 aliphatic rings. The largest absolute Gasteiger partial charge is 0.463 e. The molecule has 0 aliphatic carbocycles. The first-order valence-corrected chi connectivity index (χ1v) is 7.72. The summed E-state index contributed by atoms with van der Waals surface area (Å²) in [6.07, 6.45) is 4.66. The predicted molar refractivity (Wildman–Crippen MR) is 82.0 cm³/mol. The summed E-state index contributed by atoms with van der Waals surface area (Å²) in [5.74, 6) is 1.19. The maximum atomic E-state index is 5.67. The predicted octanol–water partition coefficient (Wildman–Crippen LogP) is 1.71. The van der Waals surface area contributed by atoms with Crippen LogP contribution in [0.15, 0.2) is 0 Å². The molecule has 1 aliphatic heterocycles. The second-order valence-corrected chi connectivity index (χ2v) is 5.00. The molecule has 0 radical (unpaired) electrons. The van der Waals surface area contributed by atoms with Gasteiger partial charge in [-0.3, -0.25) is 0 Å². The zero-order valence-corrected chi connectivity index (χ0v) is 13.0. The van der Waals surface area contributed by atoms with Crippen LogP contribution in [-0.2, 0) is 4.74 Å². The Bertz CT molecular complexity index is 424. The van der Waals surface area contributed by atoms with Crippen LogP contribution in [0, 0.1) is 0 Å². The van der Waals surface area contributed by atoms with Crippen molar-refractivity contribution in [2.45, 2.75) is 32.6 Å². The van der Waals surface area contributed by atoms with Gasteiger partial charge in [-0.05, 0) is 6.42 Å². The number of ether oxygens (including phenoxy) is 2. The van der Waals surface area contributed by atoms with Gasteiger partial charge >= 0.3 is 6.01 Å². The third-order valence-electron chi connectivity index (χ3n) is 3.35. The number of hydrogen-bond acceptors (Lipinski definition) is 7. The van der Waals surface area contributed by atoms with Crippen molar-refractivity contribution in [3.63, 3.8) is 0 Å². The molecule has 1 fully saturated rings. The quantitative estimate of drug-likeness (QED) is 0.732. The fourth-order valence-electron chi connectivity index (χ4n) is 2.12. The molecule has 0 saturated carbocycles. The van der Waals surface area contributed by atoms with Gasteiger partial charge in [0.05, 0.1) is 19.8 Å². The zero-order chi connectivity index (χ0) is 14.9. The first-order chi connectivity index (χ1) is 10.3. The number of morpholine rings is 1. The molecule has 0 spiro atoms. The van der Waals surface area contributed by atoms with Crippen molar-refractivity contribution in [3.05, 3.63) is 0 Å². The summed E-state index contributed by atoms with van der Waals surface area (Å²) in [4.78, 5) is 15.1. The number of hydrogen-bond donors (Lipinski definition) is 1. The van der Waals surface area contributed by atoms with E-state index in [0.717, 1.165) is 19.5 Å². The summed E-state index contributed by atoms with van der Waals surface area (Å²) >= 11 is 0. The highest BCUT2D eigenvalue weighted by Gasteiger charge is 2.16. The minimum Gasteiger partial charge on any atom is -0.463 e. The average Bonchev–Trinajstić information content (AvgIpc) is 2.55. The standard InChI is InChI=1S/C14H25N5O2/c1-3-4-5-6-9-21-14-17-12(15-2)16-13(18-14)19-7-10-20-11-8-19/h3-11H2,1-2H3,(H,15,16,17,18). The molecule has 118 valence electrons. The third kappa shape index (κ3) is 5.00. The Balaban J connectivity index is 1.96. The molecule has 7 heteroatoms. The van der Waals surface area contributed by atoms with Crippen LogP contribution >= 0.6 is 0 Å². The lowest BCUT2D eigenvalue weighted by Gasteiger charge is -2.26. The van der Waals surface area contributed by atoms with Crippen LogP contribution in [-0.4, -0.2) is 54.9 Å². The van der Waals surface area contributed by atoms with Gasteiger partial charge in [0.2, 0.25) is 11.9 Å². The van der Waals surface area contributed by atoms with Crippen molar-refractivity contribution in [1.82, 2.24) is 15.0 Å². The van der Waals surface area contributed by atoms with E-state index in [0.29, 0.717) is 37.7 Å². The Morgan fingerprint density at radius 2 is 1.95 bits per heavy atom. The lowest BCUT2D eigenvalue weighted by molar-refractivity contribution is 0.122. The SMILES string of the molecule is CCCCCCOc1nc(NC)nc(N2CCOCC2)n1. The second-order valence-electron chi connectivity index (χ2n) is 5.00.